The number of hydrogen-bond acceptors (Lipinski definition) is 5. The zero-order valence-corrected chi connectivity index (χ0v) is 13.7. The molecule has 0 bridgehead atoms. The number of carbonyl (C=O) groups excluding carboxylic acids is 1. The zero-order valence-electron chi connectivity index (χ0n) is 13.7. The normalized spacial score (nSPS) is 24.1. The third-order valence-electron chi connectivity index (χ3n) is 4.78. The molecule has 1 amide bonds. The topological polar surface area (TPSA) is 58.8 Å². The lowest BCUT2D eigenvalue weighted by atomic mass is 10.1. The van der Waals surface area contributed by atoms with Crippen LogP contribution in [0.3, 0.4) is 0 Å². The van der Waals surface area contributed by atoms with Crippen molar-refractivity contribution in [1.29, 1.82) is 0 Å². The standard InChI is InChI=1S/C18H21N3O3/c1-13-9-15(19-24-13)18(22)21-11-16-17(12-21)23-8-7-20(16)10-14-5-3-2-4-6-14/h2-6,9,16-17H,7-8,10-12H2,1H3/t16-,17-/m1/s1. The first-order valence-electron chi connectivity index (χ1n) is 8.33. The molecule has 24 heavy (non-hydrogen) atoms. The van der Waals surface area contributed by atoms with E-state index in [4.69, 9.17) is 9.26 Å². The quantitative estimate of drug-likeness (QED) is 0.859. The second kappa shape index (κ2) is 6.37. The molecule has 2 fully saturated rings. The third kappa shape index (κ3) is 2.95. The summed E-state index contributed by atoms with van der Waals surface area (Å²) in [4.78, 5) is 16.8. The third-order valence-corrected chi connectivity index (χ3v) is 4.78. The van der Waals surface area contributed by atoms with Gasteiger partial charge < -0.3 is 14.2 Å². The first kappa shape index (κ1) is 15.4. The minimum atomic E-state index is -0.0792. The van der Waals surface area contributed by atoms with Gasteiger partial charge in [0.1, 0.15) is 5.76 Å². The van der Waals surface area contributed by atoms with E-state index in [0.717, 1.165) is 13.1 Å². The van der Waals surface area contributed by atoms with Gasteiger partial charge in [0.25, 0.3) is 5.91 Å². The number of carbonyl (C=O) groups is 1. The van der Waals surface area contributed by atoms with Crippen LogP contribution in [0.5, 0.6) is 0 Å². The van der Waals surface area contributed by atoms with Gasteiger partial charge >= 0.3 is 0 Å². The highest BCUT2D eigenvalue weighted by Crippen LogP contribution is 2.25. The summed E-state index contributed by atoms with van der Waals surface area (Å²) < 4.78 is 10.9. The van der Waals surface area contributed by atoms with E-state index in [0.29, 0.717) is 31.2 Å². The first-order chi connectivity index (χ1) is 11.7. The molecule has 6 nitrogen and oxygen atoms in total. The largest absolute Gasteiger partial charge is 0.373 e. The Morgan fingerprint density at radius 1 is 1.29 bits per heavy atom. The fourth-order valence-corrected chi connectivity index (χ4v) is 3.57. The van der Waals surface area contributed by atoms with Gasteiger partial charge in [0.2, 0.25) is 0 Å². The lowest BCUT2D eigenvalue weighted by Gasteiger charge is -2.36. The summed E-state index contributed by atoms with van der Waals surface area (Å²) in [6.07, 6.45) is 0.0689. The van der Waals surface area contributed by atoms with Crippen molar-refractivity contribution in [2.24, 2.45) is 0 Å². The van der Waals surface area contributed by atoms with E-state index in [9.17, 15) is 4.79 Å². The molecule has 4 rings (SSSR count). The molecule has 0 unspecified atom stereocenters. The SMILES string of the molecule is Cc1cc(C(=O)N2C[C@@H]3[C@@H](C2)OCCN3Cc2ccccc2)no1. The van der Waals surface area contributed by atoms with Crippen LogP contribution in [0.15, 0.2) is 40.9 Å². The summed E-state index contributed by atoms with van der Waals surface area (Å²) in [6, 6.07) is 12.3. The Kier molecular flexibility index (Phi) is 4.08. The van der Waals surface area contributed by atoms with Crippen molar-refractivity contribution in [2.75, 3.05) is 26.2 Å². The number of likely N-dealkylation sites (tertiary alicyclic amines) is 1. The number of rotatable bonds is 3. The average Bonchev–Trinajstić information content (AvgIpc) is 3.22. The van der Waals surface area contributed by atoms with Crippen LogP contribution in [-0.4, -0.2) is 59.3 Å². The Labute approximate surface area is 141 Å². The molecule has 1 aromatic carbocycles. The summed E-state index contributed by atoms with van der Waals surface area (Å²) >= 11 is 0. The molecule has 126 valence electrons. The molecule has 1 aromatic heterocycles. The number of hydrogen-bond donors (Lipinski definition) is 0. The molecule has 0 radical (unpaired) electrons. The number of aryl methyl sites for hydroxylation is 1. The number of morpholine rings is 1. The average molecular weight is 327 g/mol. The van der Waals surface area contributed by atoms with E-state index in [1.54, 1.807) is 13.0 Å². The maximum Gasteiger partial charge on any atom is 0.276 e. The summed E-state index contributed by atoms with van der Waals surface area (Å²) in [6.45, 7) is 5.55. The van der Waals surface area contributed by atoms with Crippen LogP contribution in [0.1, 0.15) is 21.8 Å². The maximum absolute atomic E-state index is 12.6. The number of nitrogens with zero attached hydrogens (tertiary/aromatic N) is 3. The number of aromatic nitrogens is 1. The van der Waals surface area contributed by atoms with Gasteiger partial charge in [-0.1, -0.05) is 35.5 Å². The summed E-state index contributed by atoms with van der Waals surface area (Å²) in [5, 5.41) is 3.84. The molecule has 2 aliphatic rings. The Hall–Kier alpha value is -2.18. The van der Waals surface area contributed by atoms with Crippen molar-refractivity contribution in [2.45, 2.75) is 25.6 Å². The van der Waals surface area contributed by atoms with Crippen molar-refractivity contribution >= 4 is 5.91 Å². The number of fused-ring (bicyclic) bond motifs is 1. The van der Waals surface area contributed by atoms with Crippen LogP contribution in [0.4, 0.5) is 0 Å². The predicted molar refractivity (Wildman–Crippen MR) is 87.5 cm³/mol. The van der Waals surface area contributed by atoms with E-state index >= 15 is 0 Å². The van der Waals surface area contributed by atoms with Crippen LogP contribution >= 0.6 is 0 Å². The van der Waals surface area contributed by atoms with Crippen LogP contribution in [-0.2, 0) is 11.3 Å². The molecular formula is C18H21N3O3. The van der Waals surface area contributed by atoms with Crippen LogP contribution in [0, 0.1) is 6.92 Å². The smallest absolute Gasteiger partial charge is 0.276 e. The second-order valence-electron chi connectivity index (χ2n) is 6.47. The fraction of sp³-hybridized carbons (Fsp3) is 0.444. The molecule has 0 spiro atoms. The van der Waals surface area contributed by atoms with Gasteiger partial charge in [-0.05, 0) is 12.5 Å². The van der Waals surface area contributed by atoms with Crippen LogP contribution in [0.25, 0.3) is 0 Å². The van der Waals surface area contributed by atoms with Crippen molar-refractivity contribution in [1.82, 2.24) is 15.0 Å². The molecule has 3 heterocycles. The van der Waals surface area contributed by atoms with Gasteiger partial charge in [-0.15, -0.1) is 0 Å². The second-order valence-corrected chi connectivity index (χ2v) is 6.47. The highest BCUT2D eigenvalue weighted by atomic mass is 16.5. The molecule has 0 saturated carbocycles. The predicted octanol–water partition coefficient (Wildman–Crippen LogP) is 1.71. The van der Waals surface area contributed by atoms with Crippen LogP contribution in [0.2, 0.25) is 0 Å². The Balaban J connectivity index is 1.47. The lowest BCUT2D eigenvalue weighted by molar-refractivity contribution is -0.0503. The first-order valence-corrected chi connectivity index (χ1v) is 8.33. The van der Waals surface area contributed by atoms with Gasteiger partial charge in [0.05, 0.1) is 18.8 Å². The zero-order chi connectivity index (χ0) is 16.5. The molecule has 2 aromatic rings. The molecule has 2 aliphatic heterocycles. The van der Waals surface area contributed by atoms with E-state index in [2.05, 4.69) is 34.3 Å². The van der Waals surface area contributed by atoms with Crippen LogP contribution < -0.4 is 0 Å². The van der Waals surface area contributed by atoms with Crippen molar-refractivity contribution in [3.63, 3.8) is 0 Å². The van der Waals surface area contributed by atoms with Gasteiger partial charge in [-0.3, -0.25) is 9.69 Å². The number of benzene rings is 1. The van der Waals surface area contributed by atoms with Gasteiger partial charge in [0.15, 0.2) is 5.69 Å². The summed E-state index contributed by atoms with van der Waals surface area (Å²) in [5.74, 6) is 0.571. The lowest BCUT2D eigenvalue weighted by Crippen LogP contribution is -2.50. The van der Waals surface area contributed by atoms with Crippen molar-refractivity contribution in [3.05, 3.63) is 53.4 Å². The molecular weight excluding hydrogens is 306 g/mol. The molecule has 0 N–H and O–H groups in total. The van der Waals surface area contributed by atoms with Crippen molar-refractivity contribution in [3.8, 4) is 0 Å². The Bertz CT molecular complexity index is 715. The van der Waals surface area contributed by atoms with E-state index in [1.807, 2.05) is 11.0 Å². The summed E-state index contributed by atoms with van der Waals surface area (Å²) in [5.41, 5.74) is 1.66. The highest BCUT2D eigenvalue weighted by Gasteiger charge is 2.42. The van der Waals surface area contributed by atoms with Gasteiger partial charge in [-0.25, -0.2) is 0 Å². The molecule has 2 atom stereocenters. The molecule has 2 saturated heterocycles. The van der Waals surface area contributed by atoms with E-state index in [1.165, 1.54) is 5.56 Å². The molecule has 6 heteroatoms. The highest BCUT2D eigenvalue weighted by molar-refractivity contribution is 5.92. The molecule has 0 aliphatic carbocycles. The Morgan fingerprint density at radius 2 is 2.12 bits per heavy atom. The Morgan fingerprint density at radius 3 is 2.88 bits per heavy atom. The van der Waals surface area contributed by atoms with Gasteiger partial charge in [-0.2, -0.15) is 0 Å². The monoisotopic (exact) mass is 327 g/mol. The van der Waals surface area contributed by atoms with E-state index in [-0.39, 0.29) is 18.1 Å². The van der Waals surface area contributed by atoms with E-state index < -0.39 is 0 Å². The number of amides is 1. The minimum Gasteiger partial charge on any atom is -0.373 e. The van der Waals surface area contributed by atoms with Gasteiger partial charge in [0, 0.05) is 32.2 Å². The fourth-order valence-electron chi connectivity index (χ4n) is 3.57. The number of ether oxygens (including phenoxy) is 1. The van der Waals surface area contributed by atoms with Crippen molar-refractivity contribution < 1.29 is 14.1 Å². The minimum absolute atomic E-state index is 0.0689. The maximum atomic E-state index is 12.6. The summed E-state index contributed by atoms with van der Waals surface area (Å²) in [7, 11) is 0.